The van der Waals surface area contributed by atoms with Crippen molar-refractivity contribution in [2.45, 2.75) is 56.4 Å². The standard InChI is InChI=1S/C17H23N/c1-12-2-4-15(5-3-12)16-7-13-6-14(8-16)10-17(18,9-13)11-16/h2-5,13-14H,6-11,18H2,1H3. The van der Waals surface area contributed by atoms with E-state index < -0.39 is 0 Å². The lowest BCUT2D eigenvalue weighted by molar-refractivity contribution is -0.0227. The van der Waals surface area contributed by atoms with Gasteiger partial charge in [0.15, 0.2) is 0 Å². The van der Waals surface area contributed by atoms with E-state index in [1.54, 1.807) is 5.56 Å². The van der Waals surface area contributed by atoms with Crippen LogP contribution >= 0.6 is 0 Å². The first-order valence-electron chi connectivity index (χ1n) is 7.43. The van der Waals surface area contributed by atoms with Gasteiger partial charge in [-0.25, -0.2) is 0 Å². The molecule has 1 aromatic rings. The molecule has 0 saturated heterocycles. The van der Waals surface area contributed by atoms with E-state index in [0.29, 0.717) is 5.41 Å². The minimum absolute atomic E-state index is 0.162. The van der Waals surface area contributed by atoms with Crippen molar-refractivity contribution in [1.29, 1.82) is 0 Å². The zero-order valence-corrected chi connectivity index (χ0v) is 11.3. The molecule has 0 amide bonds. The van der Waals surface area contributed by atoms with Gasteiger partial charge in [0, 0.05) is 5.54 Å². The Morgan fingerprint density at radius 3 is 2.17 bits per heavy atom. The van der Waals surface area contributed by atoms with Crippen LogP contribution in [0.2, 0.25) is 0 Å². The zero-order valence-electron chi connectivity index (χ0n) is 11.3. The Balaban J connectivity index is 1.77. The number of aryl methyl sites for hydroxylation is 1. The quantitative estimate of drug-likeness (QED) is 0.799. The number of hydrogen-bond acceptors (Lipinski definition) is 1. The third-order valence-corrected chi connectivity index (χ3v) is 5.77. The summed E-state index contributed by atoms with van der Waals surface area (Å²) < 4.78 is 0. The van der Waals surface area contributed by atoms with Gasteiger partial charge in [0.2, 0.25) is 0 Å². The SMILES string of the molecule is Cc1ccc(C23CC4CC(CC(N)(C4)C2)C3)cc1. The summed E-state index contributed by atoms with van der Waals surface area (Å²) in [6.07, 6.45) is 8.05. The first-order chi connectivity index (χ1) is 8.57. The second-order valence-electron chi connectivity index (χ2n) is 7.47. The summed E-state index contributed by atoms with van der Waals surface area (Å²) in [6, 6.07) is 9.28. The van der Waals surface area contributed by atoms with E-state index in [2.05, 4.69) is 31.2 Å². The third-order valence-electron chi connectivity index (χ3n) is 5.77. The molecule has 0 radical (unpaired) electrons. The van der Waals surface area contributed by atoms with Crippen LogP contribution in [0, 0.1) is 18.8 Å². The molecule has 18 heavy (non-hydrogen) atoms. The maximum absolute atomic E-state index is 6.67. The van der Waals surface area contributed by atoms with Crippen LogP contribution in [0.3, 0.4) is 0 Å². The van der Waals surface area contributed by atoms with Gasteiger partial charge < -0.3 is 5.73 Å². The molecule has 1 aromatic carbocycles. The second kappa shape index (κ2) is 3.39. The maximum Gasteiger partial charge on any atom is 0.0168 e. The summed E-state index contributed by atoms with van der Waals surface area (Å²) in [7, 11) is 0. The predicted molar refractivity (Wildman–Crippen MR) is 74.5 cm³/mol. The lowest BCUT2D eigenvalue weighted by Crippen LogP contribution is -2.61. The Morgan fingerprint density at radius 2 is 1.61 bits per heavy atom. The Labute approximate surface area is 110 Å². The second-order valence-corrected chi connectivity index (χ2v) is 7.47. The molecule has 2 atom stereocenters. The van der Waals surface area contributed by atoms with Gasteiger partial charge in [-0.05, 0) is 68.3 Å². The van der Waals surface area contributed by atoms with Crippen LogP contribution in [-0.4, -0.2) is 5.54 Å². The maximum atomic E-state index is 6.67. The topological polar surface area (TPSA) is 26.0 Å². The molecule has 4 fully saturated rings. The van der Waals surface area contributed by atoms with Gasteiger partial charge in [0.05, 0.1) is 0 Å². The van der Waals surface area contributed by atoms with Crippen molar-refractivity contribution in [1.82, 2.24) is 0 Å². The summed E-state index contributed by atoms with van der Waals surface area (Å²) >= 11 is 0. The van der Waals surface area contributed by atoms with Crippen LogP contribution in [0.1, 0.15) is 49.7 Å². The molecule has 1 nitrogen and oxygen atoms in total. The van der Waals surface area contributed by atoms with E-state index in [0.717, 1.165) is 11.8 Å². The van der Waals surface area contributed by atoms with Crippen molar-refractivity contribution in [3.8, 4) is 0 Å². The van der Waals surface area contributed by atoms with E-state index in [9.17, 15) is 0 Å². The van der Waals surface area contributed by atoms with Crippen molar-refractivity contribution < 1.29 is 0 Å². The molecule has 4 bridgehead atoms. The van der Waals surface area contributed by atoms with Crippen LogP contribution in [0.5, 0.6) is 0 Å². The fourth-order valence-electron chi connectivity index (χ4n) is 5.58. The molecule has 96 valence electrons. The Kier molecular flexibility index (Phi) is 2.08. The smallest absolute Gasteiger partial charge is 0.0168 e. The average molecular weight is 241 g/mol. The number of rotatable bonds is 1. The largest absolute Gasteiger partial charge is 0.325 e. The van der Waals surface area contributed by atoms with Gasteiger partial charge in [-0.15, -0.1) is 0 Å². The third kappa shape index (κ3) is 1.50. The van der Waals surface area contributed by atoms with Gasteiger partial charge in [0.25, 0.3) is 0 Å². The highest BCUT2D eigenvalue weighted by Gasteiger charge is 2.56. The average Bonchev–Trinajstić information content (AvgIpc) is 2.26. The van der Waals surface area contributed by atoms with E-state index in [4.69, 9.17) is 5.73 Å². The highest BCUT2D eigenvalue weighted by molar-refractivity contribution is 5.33. The van der Waals surface area contributed by atoms with Gasteiger partial charge in [-0.2, -0.15) is 0 Å². The van der Waals surface area contributed by atoms with Crippen molar-refractivity contribution in [3.63, 3.8) is 0 Å². The van der Waals surface area contributed by atoms with Gasteiger partial charge in [0.1, 0.15) is 0 Å². The molecular formula is C17H23N. The molecule has 4 aliphatic carbocycles. The number of nitrogens with two attached hydrogens (primary N) is 1. The highest BCUT2D eigenvalue weighted by atomic mass is 14.8. The fraction of sp³-hybridized carbons (Fsp3) is 0.647. The molecule has 2 unspecified atom stereocenters. The Morgan fingerprint density at radius 1 is 1.00 bits per heavy atom. The molecule has 1 heteroatoms. The fourth-order valence-corrected chi connectivity index (χ4v) is 5.58. The number of hydrogen-bond donors (Lipinski definition) is 1. The molecule has 0 spiro atoms. The first-order valence-corrected chi connectivity index (χ1v) is 7.43. The van der Waals surface area contributed by atoms with E-state index in [1.807, 2.05) is 0 Å². The monoisotopic (exact) mass is 241 g/mol. The number of benzene rings is 1. The first kappa shape index (κ1) is 11.0. The lowest BCUT2D eigenvalue weighted by atomic mass is 9.45. The Hall–Kier alpha value is -0.820. The van der Waals surface area contributed by atoms with E-state index in [-0.39, 0.29) is 5.54 Å². The van der Waals surface area contributed by atoms with Crippen molar-refractivity contribution in [2.24, 2.45) is 17.6 Å². The summed E-state index contributed by atoms with van der Waals surface area (Å²) in [6.45, 7) is 2.17. The lowest BCUT2D eigenvalue weighted by Gasteiger charge is -2.61. The molecular weight excluding hydrogens is 218 g/mol. The van der Waals surface area contributed by atoms with Crippen LogP contribution in [0.4, 0.5) is 0 Å². The molecule has 4 saturated carbocycles. The van der Waals surface area contributed by atoms with Gasteiger partial charge in [-0.1, -0.05) is 29.8 Å². The molecule has 0 aromatic heterocycles. The molecule has 2 N–H and O–H groups in total. The molecule has 5 rings (SSSR count). The highest BCUT2D eigenvalue weighted by Crippen LogP contribution is 2.61. The summed E-state index contributed by atoms with van der Waals surface area (Å²) in [5, 5.41) is 0. The summed E-state index contributed by atoms with van der Waals surface area (Å²) in [4.78, 5) is 0. The predicted octanol–water partition coefficient (Wildman–Crippen LogP) is 3.54. The minimum atomic E-state index is 0.162. The van der Waals surface area contributed by atoms with Crippen LogP contribution in [0.25, 0.3) is 0 Å². The van der Waals surface area contributed by atoms with Crippen molar-refractivity contribution >= 4 is 0 Å². The van der Waals surface area contributed by atoms with Gasteiger partial charge in [-0.3, -0.25) is 0 Å². The Bertz CT molecular complexity index is 459. The minimum Gasteiger partial charge on any atom is -0.325 e. The van der Waals surface area contributed by atoms with Crippen molar-refractivity contribution in [2.75, 3.05) is 0 Å². The van der Waals surface area contributed by atoms with Crippen molar-refractivity contribution in [3.05, 3.63) is 35.4 Å². The van der Waals surface area contributed by atoms with Crippen LogP contribution in [-0.2, 0) is 5.41 Å². The summed E-state index contributed by atoms with van der Waals surface area (Å²) in [5.41, 5.74) is 10.2. The van der Waals surface area contributed by atoms with Crippen LogP contribution in [0.15, 0.2) is 24.3 Å². The normalized spacial score (nSPS) is 45.4. The van der Waals surface area contributed by atoms with E-state index in [1.165, 1.54) is 44.1 Å². The molecule has 0 aliphatic heterocycles. The summed E-state index contributed by atoms with van der Waals surface area (Å²) in [5.74, 6) is 1.80. The molecule has 4 aliphatic rings. The zero-order chi connectivity index (χ0) is 12.4. The molecule has 0 heterocycles. The van der Waals surface area contributed by atoms with E-state index >= 15 is 0 Å². The van der Waals surface area contributed by atoms with Gasteiger partial charge >= 0.3 is 0 Å². The van der Waals surface area contributed by atoms with Crippen LogP contribution < -0.4 is 5.73 Å².